The molecule has 0 fully saturated rings. The first kappa shape index (κ1) is 12.9. The molecule has 0 aromatic heterocycles. The summed E-state index contributed by atoms with van der Waals surface area (Å²) in [4.78, 5) is 0. The highest BCUT2D eigenvalue weighted by atomic mass is 16.5. The van der Waals surface area contributed by atoms with Gasteiger partial charge in [-0.15, -0.1) is 0 Å². The van der Waals surface area contributed by atoms with E-state index in [0.717, 1.165) is 32.3 Å². The fourth-order valence-corrected chi connectivity index (χ4v) is 1.38. The molecular formula is C11H24O2. The largest absolute Gasteiger partial charge is 0.393 e. The predicted octanol–water partition coefficient (Wildman–Crippen LogP) is 2.60. The maximum atomic E-state index is 9.67. The van der Waals surface area contributed by atoms with Crippen LogP contribution < -0.4 is 0 Å². The zero-order valence-electron chi connectivity index (χ0n) is 9.25. The van der Waals surface area contributed by atoms with Crippen LogP contribution in [0.5, 0.6) is 0 Å². The van der Waals surface area contributed by atoms with Crippen molar-refractivity contribution in [1.82, 2.24) is 0 Å². The molecule has 2 atom stereocenters. The molecule has 0 aromatic rings. The lowest BCUT2D eigenvalue weighted by molar-refractivity contribution is 0.0531. The van der Waals surface area contributed by atoms with E-state index < -0.39 is 0 Å². The van der Waals surface area contributed by atoms with E-state index in [1.807, 2.05) is 0 Å². The molecule has 0 saturated carbocycles. The molecule has 0 radical (unpaired) electrons. The van der Waals surface area contributed by atoms with Gasteiger partial charge in [-0.2, -0.15) is 0 Å². The summed E-state index contributed by atoms with van der Waals surface area (Å²) in [5.74, 6) is 0.412. The molecule has 80 valence electrons. The van der Waals surface area contributed by atoms with E-state index in [1.54, 1.807) is 0 Å². The molecule has 13 heavy (non-hydrogen) atoms. The average Bonchev–Trinajstić information content (AvgIpc) is 2.12. The molecule has 0 aliphatic carbocycles. The Labute approximate surface area is 82.3 Å². The Morgan fingerprint density at radius 3 is 2.31 bits per heavy atom. The minimum atomic E-state index is -0.184. The molecule has 2 unspecified atom stereocenters. The van der Waals surface area contributed by atoms with Gasteiger partial charge >= 0.3 is 0 Å². The van der Waals surface area contributed by atoms with Crippen LogP contribution in [0.2, 0.25) is 0 Å². The molecule has 0 aromatic carbocycles. The van der Waals surface area contributed by atoms with Crippen molar-refractivity contribution in [2.75, 3.05) is 13.2 Å². The third kappa shape index (κ3) is 7.03. The molecule has 0 saturated heterocycles. The monoisotopic (exact) mass is 188 g/mol. The smallest absolute Gasteiger partial charge is 0.0587 e. The van der Waals surface area contributed by atoms with Gasteiger partial charge in [0.15, 0.2) is 0 Å². The van der Waals surface area contributed by atoms with Crippen molar-refractivity contribution < 1.29 is 9.84 Å². The highest BCUT2D eigenvalue weighted by molar-refractivity contribution is 4.63. The lowest BCUT2D eigenvalue weighted by Crippen LogP contribution is -2.19. The highest BCUT2D eigenvalue weighted by Crippen LogP contribution is 2.13. The van der Waals surface area contributed by atoms with Crippen molar-refractivity contribution >= 4 is 0 Å². The zero-order chi connectivity index (χ0) is 10.1. The van der Waals surface area contributed by atoms with Crippen LogP contribution >= 0.6 is 0 Å². The van der Waals surface area contributed by atoms with Crippen LogP contribution in [0.25, 0.3) is 0 Å². The summed E-state index contributed by atoms with van der Waals surface area (Å²) >= 11 is 0. The van der Waals surface area contributed by atoms with Gasteiger partial charge in [0, 0.05) is 13.2 Å². The van der Waals surface area contributed by atoms with Gasteiger partial charge in [-0.1, -0.05) is 27.2 Å². The third-order valence-electron chi connectivity index (χ3n) is 2.31. The zero-order valence-corrected chi connectivity index (χ0v) is 9.25. The molecule has 0 amide bonds. The quantitative estimate of drug-likeness (QED) is 0.593. The Hall–Kier alpha value is -0.0800. The standard InChI is InChI=1S/C11H24O2/c1-4-6-10(3)11(12)7-9-13-8-5-2/h10-12H,4-9H2,1-3H3. The van der Waals surface area contributed by atoms with Crippen LogP contribution in [0.4, 0.5) is 0 Å². The summed E-state index contributed by atoms with van der Waals surface area (Å²) < 4.78 is 5.32. The van der Waals surface area contributed by atoms with Crippen molar-refractivity contribution in [3.63, 3.8) is 0 Å². The SMILES string of the molecule is CCCOCCC(O)C(C)CCC. The van der Waals surface area contributed by atoms with E-state index in [4.69, 9.17) is 4.74 Å². The second kappa shape index (κ2) is 8.52. The predicted molar refractivity (Wildman–Crippen MR) is 55.8 cm³/mol. The molecule has 2 heteroatoms. The van der Waals surface area contributed by atoms with E-state index in [1.165, 1.54) is 0 Å². The minimum Gasteiger partial charge on any atom is -0.393 e. The Kier molecular flexibility index (Phi) is 8.46. The summed E-state index contributed by atoms with van der Waals surface area (Å²) in [6, 6.07) is 0. The summed E-state index contributed by atoms with van der Waals surface area (Å²) in [5, 5.41) is 9.67. The first-order valence-electron chi connectivity index (χ1n) is 5.48. The number of aliphatic hydroxyl groups is 1. The molecule has 0 aliphatic heterocycles. The molecule has 0 bridgehead atoms. The second-order valence-electron chi connectivity index (χ2n) is 3.73. The summed E-state index contributed by atoms with van der Waals surface area (Å²) in [6.07, 6.45) is 3.90. The summed E-state index contributed by atoms with van der Waals surface area (Å²) in [5.41, 5.74) is 0. The number of ether oxygens (including phenoxy) is 1. The van der Waals surface area contributed by atoms with Crippen molar-refractivity contribution in [1.29, 1.82) is 0 Å². The van der Waals surface area contributed by atoms with Crippen LogP contribution in [-0.2, 0) is 4.74 Å². The van der Waals surface area contributed by atoms with Gasteiger partial charge in [0.05, 0.1) is 6.10 Å². The fourth-order valence-electron chi connectivity index (χ4n) is 1.38. The van der Waals surface area contributed by atoms with Gasteiger partial charge in [0.2, 0.25) is 0 Å². The van der Waals surface area contributed by atoms with Crippen molar-refractivity contribution in [2.24, 2.45) is 5.92 Å². The molecular weight excluding hydrogens is 164 g/mol. The number of aliphatic hydroxyl groups excluding tert-OH is 1. The van der Waals surface area contributed by atoms with Crippen molar-refractivity contribution in [2.45, 2.75) is 52.6 Å². The van der Waals surface area contributed by atoms with Crippen molar-refractivity contribution in [3.05, 3.63) is 0 Å². The van der Waals surface area contributed by atoms with Gasteiger partial charge in [-0.3, -0.25) is 0 Å². The molecule has 2 nitrogen and oxygen atoms in total. The topological polar surface area (TPSA) is 29.5 Å². The molecule has 0 heterocycles. The first-order valence-corrected chi connectivity index (χ1v) is 5.48. The van der Waals surface area contributed by atoms with E-state index in [0.29, 0.717) is 12.5 Å². The maximum Gasteiger partial charge on any atom is 0.0587 e. The lowest BCUT2D eigenvalue weighted by atomic mass is 9.97. The van der Waals surface area contributed by atoms with E-state index in [-0.39, 0.29) is 6.10 Å². The second-order valence-corrected chi connectivity index (χ2v) is 3.73. The fraction of sp³-hybridized carbons (Fsp3) is 1.00. The Morgan fingerprint density at radius 2 is 1.77 bits per heavy atom. The van der Waals surface area contributed by atoms with Gasteiger partial charge in [-0.25, -0.2) is 0 Å². The summed E-state index contributed by atoms with van der Waals surface area (Å²) in [7, 11) is 0. The van der Waals surface area contributed by atoms with Gasteiger partial charge in [-0.05, 0) is 25.2 Å². The van der Waals surface area contributed by atoms with Crippen LogP contribution in [-0.4, -0.2) is 24.4 Å². The van der Waals surface area contributed by atoms with E-state index in [9.17, 15) is 5.11 Å². The van der Waals surface area contributed by atoms with Gasteiger partial charge < -0.3 is 9.84 Å². The van der Waals surface area contributed by atoms with Crippen LogP contribution in [0, 0.1) is 5.92 Å². The van der Waals surface area contributed by atoms with Crippen LogP contribution in [0.3, 0.4) is 0 Å². The lowest BCUT2D eigenvalue weighted by Gasteiger charge is -2.17. The summed E-state index contributed by atoms with van der Waals surface area (Å²) in [6.45, 7) is 7.86. The van der Waals surface area contributed by atoms with Crippen molar-refractivity contribution in [3.8, 4) is 0 Å². The first-order chi connectivity index (χ1) is 6.22. The molecule has 0 aliphatic rings. The Balaban J connectivity index is 3.32. The molecule has 0 spiro atoms. The normalized spacial score (nSPS) is 15.7. The van der Waals surface area contributed by atoms with Gasteiger partial charge in [0.25, 0.3) is 0 Å². The van der Waals surface area contributed by atoms with E-state index >= 15 is 0 Å². The molecule has 1 N–H and O–H groups in total. The third-order valence-corrected chi connectivity index (χ3v) is 2.31. The van der Waals surface area contributed by atoms with Crippen LogP contribution in [0.15, 0.2) is 0 Å². The number of rotatable bonds is 8. The molecule has 0 rings (SSSR count). The Morgan fingerprint density at radius 1 is 1.08 bits per heavy atom. The Bertz CT molecular complexity index is 104. The van der Waals surface area contributed by atoms with Gasteiger partial charge in [0.1, 0.15) is 0 Å². The van der Waals surface area contributed by atoms with Crippen LogP contribution in [0.1, 0.15) is 46.5 Å². The number of hydrogen-bond donors (Lipinski definition) is 1. The maximum absolute atomic E-state index is 9.67. The minimum absolute atomic E-state index is 0.184. The number of hydrogen-bond acceptors (Lipinski definition) is 2. The highest BCUT2D eigenvalue weighted by Gasteiger charge is 2.12. The van der Waals surface area contributed by atoms with E-state index in [2.05, 4.69) is 20.8 Å². The average molecular weight is 188 g/mol.